The van der Waals surface area contributed by atoms with Crippen molar-refractivity contribution in [2.45, 2.75) is 30.6 Å². The number of sulfone groups is 1. The van der Waals surface area contributed by atoms with Gasteiger partial charge in [-0.15, -0.1) is 0 Å². The van der Waals surface area contributed by atoms with Gasteiger partial charge in [0.15, 0.2) is 15.0 Å². The molecule has 2 heterocycles. The average Bonchev–Trinajstić information content (AvgIpc) is 2.98. The van der Waals surface area contributed by atoms with Gasteiger partial charge < -0.3 is 14.8 Å². The van der Waals surface area contributed by atoms with E-state index < -0.39 is 21.7 Å². The molecule has 7 nitrogen and oxygen atoms in total. The second-order valence-corrected chi connectivity index (χ2v) is 9.38. The van der Waals surface area contributed by atoms with E-state index in [1.807, 2.05) is 35.2 Å². The molecule has 0 radical (unpaired) electrons. The van der Waals surface area contributed by atoms with E-state index >= 15 is 0 Å². The molecule has 0 unspecified atom stereocenters. The van der Waals surface area contributed by atoms with Crippen molar-refractivity contribution in [3.05, 3.63) is 30.3 Å². The normalized spacial score (nSPS) is 25.9. The minimum atomic E-state index is -3.10. The van der Waals surface area contributed by atoms with Crippen LogP contribution in [0.3, 0.4) is 0 Å². The zero-order chi connectivity index (χ0) is 18.0. The highest BCUT2D eigenvalue weighted by molar-refractivity contribution is 8.16. The lowest BCUT2D eigenvalue weighted by atomic mass is 10.2. The Labute approximate surface area is 150 Å². The summed E-state index contributed by atoms with van der Waals surface area (Å²) in [5, 5.41) is 10.8. The Morgan fingerprint density at radius 2 is 1.92 bits per heavy atom. The highest BCUT2D eigenvalue weighted by atomic mass is 32.2. The number of hydrogen-bond acceptors (Lipinski definition) is 6. The van der Waals surface area contributed by atoms with Gasteiger partial charge in [0.05, 0.1) is 17.5 Å². The predicted octanol–water partition coefficient (Wildman–Crippen LogP) is 0.208. The number of benzene rings is 1. The first-order chi connectivity index (χ1) is 11.9. The first-order valence-corrected chi connectivity index (χ1v) is 10.6. The summed E-state index contributed by atoms with van der Waals surface area (Å²) < 4.78 is 23.9. The van der Waals surface area contributed by atoms with Crippen molar-refractivity contribution in [2.75, 3.05) is 16.4 Å². The van der Waals surface area contributed by atoms with E-state index in [0.717, 1.165) is 5.69 Å². The Hall–Kier alpha value is -1.87. The molecule has 1 amide bonds. The largest absolute Gasteiger partial charge is 0.550 e. The van der Waals surface area contributed by atoms with Crippen LogP contribution in [0, 0.1) is 0 Å². The van der Waals surface area contributed by atoms with Crippen LogP contribution in [0.1, 0.15) is 19.3 Å². The number of carboxylic acids is 1. The summed E-state index contributed by atoms with van der Waals surface area (Å²) in [6.45, 7) is 0. The van der Waals surface area contributed by atoms with E-state index in [2.05, 4.69) is 4.99 Å². The number of amidine groups is 1. The molecule has 0 bridgehead atoms. The molecule has 2 atom stereocenters. The second kappa shape index (κ2) is 7.17. The lowest BCUT2D eigenvalue weighted by Crippen LogP contribution is -2.37. The fourth-order valence-corrected chi connectivity index (χ4v) is 6.93. The van der Waals surface area contributed by atoms with Crippen molar-refractivity contribution in [2.24, 2.45) is 4.99 Å². The van der Waals surface area contributed by atoms with Gasteiger partial charge in [-0.25, -0.2) is 8.42 Å². The molecule has 0 saturated carbocycles. The third kappa shape index (κ3) is 4.21. The molecule has 25 heavy (non-hydrogen) atoms. The van der Waals surface area contributed by atoms with E-state index in [0.29, 0.717) is 5.17 Å². The molecule has 0 aliphatic carbocycles. The topological polar surface area (TPSA) is 107 Å². The fourth-order valence-electron chi connectivity index (χ4n) is 3.00. The molecule has 0 spiro atoms. The monoisotopic (exact) mass is 381 g/mol. The van der Waals surface area contributed by atoms with Gasteiger partial charge in [-0.05, 0) is 25.0 Å². The summed E-state index contributed by atoms with van der Waals surface area (Å²) in [7, 11) is -3.10. The van der Waals surface area contributed by atoms with Gasteiger partial charge in [0.1, 0.15) is 0 Å². The second-order valence-electron chi connectivity index (χ2n) is 6.02. The molecule has 1 aromatic rings. The molecule has 3 rings (SSSR count). The molecular formula is C16H17N2O5S2-. The van der Waals surface area contributed by atoms with Crippen LogP contribution in [0.2, 0.25) is 0 Å². The maximum Gasteiger partial charge on any atom is 0.248 e. The summed E-state index contributed by atoms with van der Waals surface area (Å²) >= 11 is 1.30. The van der Waals surface area contributed by atoms with Crippen molar-refractivity contribution < 1.29 is 23.1 Å². The van der Waals surface area contributed by atoms with Crippen molar-refractivity contribution in [3.8, 4) is 0 Å². The number of thioether (sulfide) groups is 1. The number of hydrogen-bond donors (Lipinski definition) is 0. The fraction of sp³-hybridized carbons (Fsp3) is 0.438. The number of fused-ring (bicyclic) bond motifs is 1. The summed E-state index contributed by atoms with van der Waals surface area (Å²) in [5.41, 5.74) is 0.792. The highest BCUT2D eigenvalue weighted by Crippen LogP contribution is 2.40. The number of aliphatic carboxylic acids is 1. The molecule has 0 aromatic heterocycles. The molecule has 2 aliphatic heterocycles. The highest BCUT2D eigenvalue weighted by Gasteiger charge is 2.49. The number of aliphatic imine (C=N–C) groups is 1. The number of para-hydroxylation sites is 1. The van der Waals surface area contributed by atoms with Crippen LogP contribution < -0.4 is 10.0 Å². The third-order valence-corrected chi connectivity index (χ3v) is 7.30. The Morgan fingerprint density at radius 3 is 2.60 bits per heavy atom. The molecule has 2 aliphatic rings. The van der Waals surface area contributed by atoms with Crippen molar-refractivity contribution in [3.63, 3.8) is 0 Å². The van der Waals surface area contributed by atoms with Gasteiger partial charge in [-0.3, -0.25) is 4.79 Å². The minimum Gasteiger partial charge on any atom is -0.550 e. The Kier molecular flexibility index (Phi) is 5.14. The SMILES string of the molecule is O=C([O-])CCCC(=O)N=C1S[C@H]2CS(=O)(=O)C[C@H]2N1c1ccccc1. The van der Waals surface area contributed by atoms with Gasteiger partial charge in [-0.1, -0.05) is 30.0 Å². The van der Waals surface area contributed by atoms with Gasteiger partial charge in [-0.2, -0.15) is 4.99 Å². The van der Waals surface area contributed by atoms with Gasteiger partial charge in [0, 0.05) is 23.3 Å². The molecule has 134 valence electrons. The van der Waals surface area contributed by atoms with Crippen LogP contribution in [0.4, 0.5) is 5.69 Å². The molecule has 2 fully saturated rings. The van der Waals surface area contributed by atoms with Crippen LogP contribution in [0.15, 0.2) is 35.3 Å². The van der Waals surface area contributed by atoms with Crippen LogP contribution in [-0.4, -0.2) is 48.3 Å². The lowest BCUT2D eigenvalue weighted by Gasteiger charge is -2.24. The maximum atomic E-state index is 12.0. The van der Waals surface area contributed by atoms with Crippen LogP contribution in [0.5, 0.6) is 0 Å². The smallest absolute Gasteiger partial charge is 0.248 e. The first kappa shape index (κ1) is 17.9. The zero-order valence-electron chi connectivity index (χ0n) is 13.3. The Morgan fingerprint density at radius 1 is 1.20 bits per heavy atom. The lowest BCUT2D eigenvalue weighted by molar-refractivity contribution is -0.305. The van der Waals surface area contributed by atoms with E-state index in [-0.39, 0.29) is 42.1 Å². The first-order valence-electron chi connectivity index (χ1n) is 7.88. The number of rotatable bonds is 5. The zero-order valence-corrected chi connectivity index (χ0v) is 15.0. The number of carboxylic acid groups (broad SMARTS) is 1. The quantitative estimate of drug-likeness (QED) is 0.717. The number of carbonyl (C=O) groups excluding carboxylic acids is 2. The van der Waals surface area contributed by atoms with E-state index in [1.54, 1.807) is 0 Å². The Balaban J connectivity index is 1.82. The van der Waals surface area contributed by atoms with Gasteiger partial charge in [0.25, 0.3) is 0 Å². The standard InChI is InChI=1S/C16H18N2O5S2/c19-14(7-4-8-15(20)21)17-16-18(11-5-2-1-3-6-11)12-9-25(22,23)10-13(12)24-16/h1-3,5-6,12-13H,4,7-10H2,(H,20,21)/p-1/t12-,13+/m1/s1. The number of carbonyl (C=O) groups is 2. The molecule has 0 N–H and O–H groups in total. The minimum absolute atomic E-state index is 0.0221. The molecule has 2 saturated heterocycles. The molecule has 9 heteroatoms. The molecule has 1 aromatic carbocycles. The number of amides is 1. The summed E-state index contributed by atoms with van der Waals surface area (Å²) in [4.78, 5) is 28.4. The summed E-state index contributed by atoms with van der Waals surface area (Å²) in [6.07, 6.45) is 0.0130. The van der Waals surface area contributed by atoms with Crippen LogP contribution in [-0.2, 0) is 19.4 Å². The molecular weight excluding hydrogens is 364 g/mol. The maximum absolute atomic E-state index is 12.0. The van der Waals surface area contributed by atoms with Crippen molar-refractivity contribution in [1.29, 1.82) is 0 Å². The number of anilines is 1. The van der Waals surface area contributed by atoms with E-state index in [1.165, 1.54) is 11.8 Å². The summed E-state index contributed by atoms with van der Waals surface area (Å²) in [5.74, 6) is -1.49. The number of nitrogens with zero attached hydrogens (tertiary/aromatic N) is 2. The van der Waals surface area contributed by atoms with E-state index in [9.17, 15) is 23.1 Å². The van der Waals surface area contributed by atoms with E-state index in [4.69, 9.17) is 0 Å². The third-order valence-electron chi connectivity index (χ3n) is 4.09. The van der Waals surface area contributed by atoms with Crippen molar-refractivity contribution >= 4 is 44.3 Å². The predicted molar refractivity (Wildman–Crippen MR) is 94.0 cm³/mol. The van der Waals surface area contributed by atoms with Crippen LogP contribution in [0.25, 0.3) is 0 Å². The van der Waals surface area contributed by atoms with Gasteiger partial charge in [0.2, 0.25) is 5.91 Å². The van der Waals surface area contributed by atoms with Crippen LogP contribution >= 0.6 is 11.8 Å². The van der Waals surface area contributed by atoms with Gasteiger partial charge >= 0.3 is 0 Å². The Bertz CT molecular complexity index is 807. The average molecular weight is 381 g/mol. The summed E-state index contributed by atoms with van der Waals surface area (Å²) in [6, 6.07) is 9.00. The van der Waals surface area contributed by atoms with Crippen molar-refractivity contribution in [1.82, 2.24) is 0 Å².